The van der Waals surface area contributed by atoms with Crippen LogP contribution in [0.25, 0.3) is 10.6 Å². The van der Waals surface area contributed by atoms with E-state index in [-0.39, 0.29) is 12.4 Å². The molecule has 5 nitrogen and oxygen atoms in total. The zero-order valence-electron chi connectivity index (χ0n) is 15.0. The number of benzene rings is 2. The second-order valence-electron chi connectivity index (χ2n) is 6.00. The van der Waals surface area contributed by atoms with Crippen LogP contribution in [-0.4, -0.2) is 23.3 Å². The van der Waals surface area contributed by atoms with Gasteiger partial charge < -0.3 is 10.6 Å². The average Bonchev–Trinajstić information content (AvgIpc) is 3.04. The molecule has 0 fully saturated rings. The molecule has 144 valence electrons. The molecule has 0 aliphatic heterocycles. The number of carbonyl (C=O) groups excluding carboxylic acids is 2. The van der Waals surface area contributed by atoms with E-state index in [9.17, 15) is 18.4 Å². The van der Waals surface area contributed by atoms with Crippen LogP contribution in [0.2, 0.25) is 0 Å². The number of rotatable bonds is 5. The summed E-state index contributed by atoms with van der Waals surface area (Å²) in [5.41, 5.74) is 1.83. The Labute approximate surface area is 164 Å². The summed E-state index contributed by atoms with van der Waals surface area (Å²) in [5.74, 6) is -2.36. The first-order valence-electron chi connectivity index (χ1n) is 8.49. The Bertz CT molecular complexity index is 1000. The number of anilines is 1. The van der Waals surface area contributed by atoms with Crippen molar-refractivity contribution in [3.63, 3.8) is 0 Å². The summed E-state index contributed by atoms with van der Waals surface area (Å²) in [7, 11) is 0. The van der Waals surface area contributed by atoms with Crippen LogP contribution in [0.1, 0.15) is 10.6 Å². The second kappa shape index (κ2) is 8.71. The highest BCUT2D eigenvalue weighted by Crippen LogP contribution is 2.28. The largest absolute Gasteiger partial charge is 0.347 e. The molecule has 0 saturated carbocycles. The summed E-state index contributed by atoms with van der Waals surface area (Å²) in [4.78, 5) is 29.2. The molecule has 28 heavy (non-hydrogen) atoms. The van der Waals surface area contributed by atoms with Crippen LogP contribution in [0, 0.1) is 18.6 Å². The topological polar surface area (TPSA) is 71.1 Å². The highest BCUT2D eigenvalue weighted by atomic mass is 32.1. The molecule has 0 atom stereocenters. The number of aromatic nitrogens is 1. The van der Waals surface area contributed by atoms with Crippen LogP contribution >= 0.6 is 11.3 Å². The van der Waals surface area contributed by atoms with Gasteiger partial charge in [0.05, 0.1) is 5.69 Å². The van der Waals surface area contributed by atoms with Crippen molar-refractivity contribution in [3.05, 3.63) is 70.7 Å². The van der Waals surface area contributed by atoms with E-state index in [1.807, 2.05) is 6.92 Å². The van der Waals surface area contributed by atoms with Gasteiger partial charge >= 0.3 is 11.8 Å². The van der Waals surface area contributed by atoms with Gasteiger partial charge in [0.1, 0.15) is 16.6 Å². The van der Waals surface area contributed by atoms with Crippen LogP contribution in [-0.2, 0) is 16.0 Å². The number of aryl methyl sites for hydroxylation is 1. The van der Waals surface area contributed by atoms with E-state index in [1.54, 1.807) is 12.1 Å². The summed E-state index contributed by atoms with van der Waals surface area (Å²) in [6, 6.07) is 11.3. The van der Waals surface area contributed by atoms with E-state index >= 15 is 0 Å². The van der Waals surface area contributed by atoms with Gasteiger partial charge in [-0.15, -0.1) is 11.3 Å². The zero-order chi connectivity index (χ0) is 20.1. The van der Waals surface area contributed by atoms with Crippen molar-refractivity contribution >= 4 is 28.8 Å². The van der Waals surface area contributed by atoms with Gasteiger partial charge in [-0.2, -0.15) is 0 Å². The second-order valence-corrected chi connectivity index (χ2v) is 7.09. The molecular formula is C20H17F2N3O2S. The van der Waals surface area contributed by atoms with Crippen molar-refractivity contribution in [2.75, 3.05) is 11.9 Å². The van der Waals surface area contributed by atoms with Crippen LogP contribution < -0.4 is 10.6 Å². The summed E-state index contributed by atoms with van der Waals surface area (Å²) >= 11 is 1.42. The molecular weight excluding hydrogens is 384 g/mol. The fourth-order valence-electron chi connectivity index (χ4n) is 2.50. The summed E-state index contributed by atoms with van der Waals surface area (Å²) in [6.07, 6.45) is 0.494. The molecule has 0 saturated heterocycles. The van der Waals surface area contributed by atoms with Gasteiger partial charge in [0, 0.05) is 29.1 Å². The van der Waals surface area contributed by atoms with Crippen LogP contribution in [0.3, 0.4) is 0 Å². The fraction of sp³-hybridized carbons (Fsp3) is 0.150. The normalized spacial score (nSPS) is 10.5. The Morgan fingerprint density at radius 2 is 1.79 bits per heavy atom. The summed E-state index contributed by atoms with van der Waals surface area (Å²) in [5, 5.41) is 5.64. The molecule has 1 heterocycles. The maximum Gasteiger partial charge on any atom is 0.313 e. The molecule has 3 aromatic rings. The summed E-state index contributed by atoms with van der Waals surface area (Å²) < 4.78 is 26.2. The monoisotopic (exact) mass is 401 g/mol. The first kappa shape index (κ1) is 19.6. The van der Waals surface area contributed by atoms with Gasteiger partial charge in [-0.3, -0.25) is 9.59 Å². The third-order valence-corrected chi connectivity index (χ3v) is 5.18. The van der Waals surface area contributed by atoms with E-state index in [1.165, 1.54) is 47.7 Å². The molecule has 2 aromatic carbocycles. The van der Waals surface area contributed by atoms with Crippen molar-refractivity contribution in [2.45, 2.75) is 13.3 Å². The number of hydrogen-bond acceptors (Lipinski definition) is 4. The zero-order valence-corrected chi connectivity index (χ0v) is 15.8. The number of carbonyl (C=O) groups is 2. The fourth-order valence-corrected chi connectivity index (χ4v) is 3.55. The van der Waals surface area contributed by atoms with Crippen molar-refractivity contribution < 1.29 is 18.4 Å². The third-order valence-electron chi connectivity index (χ3n) is 3.91. The standard InChI is InChI=1S/C20H17F2N3O2S/c1-12-17(28-20(24-12)13-3-2-4-15(22)11-13)9-10-23-18(26)19(27)25-16-7-5-14(21)6-8-16/h2-8,11H,9-10H2,1H3,(H,23,26)(H,25,27). The van der Waals surface area contributed by atoms with E-state index < -0.39 is 17.6 Å². The van der Waals surface area contributed by atoms with Crippen molar-refractivity contribution in [1.29, 1.82) is 0 Å². The highest BCUT2D eigenvalue weighted by molar-refractivity contribution is 7.15. The highest BCUT2D eigenvalue weighted by Gasteiger charge is 2.15. The minimum absolute atomic E-state index is 0.251. The number of amides is 2. The quantitative estimate of drug-likeness (QED) is 0.641. The number of nitrogens with zero attached hydrogens (tertiary/aromatic N) is 1. The predicted molar refractivity (Wildman–Crippen MR) is 104 cm³/mol. The predicted octanol–water partition coefficient (Wildman–Crippen LogP) is 3.69. The van der Waals surface area contributed by atoms with Crippen molar-refractivity contribution in [2.24, 2.45) is 0 Å². The lowest BCUT2D eigenvalue weighted by molar-refractivity contribution is -0.136. The molecule has 3 rings (SSSR count). The average molecular weight is 401 g/mol. The first-order chi connectivity index (χ1) is 13.4. The van der Waals surface area contributed by atoms with Crippen LogP contribution in [0.5, 0.6) is 0 Å². The molecule has 0 aliphatic rings. The Morgan fingerprint density at radius 1 is 1.04 bits per heavy atom. The van der Waals surface area contributed by atoms with E-state index in [0.29, 0.717) is 22.7 Å². The van der Waals surface area contributed by atoms with Crippen LogP contribution in [0.4, 0.5) is 14.5 Å². The smallest absolute Gasteiger partial charge is 0.313 e. The van der Waals surface area contributed by atoms with Crippen LogP contribution in [0.15, 0.2) is 48.5 Å². The van der Waals surface area contributed by atoms with Crippen molar-refractivity contribution in [3.8, 4) is 10.6 Å². The molecule has 0 spiro atoms. The van der Waals surface area contributed by atoms with Gasteiger partial charge in [0.15, 0.2) is 0 Å². The molecule has 0 bridgehead atoms. The Kier molecular flexibility index (Phi) is 6.10. The SMILES string of the molecule is Cc1nc(-c2cccc(F)c2)sc1CCNC(=O)C(=O)Nc1ccc(F)cc1. The van der Waals surface area contributed by atoms with Gasteiger partial charge in [-0.05, 0) is 43.3 Å². The van der Waals surface area contributed by atoms with Gasteiger partial charge in [-0.1, -0.05) is 12.1 Å². The minimum atomic E-state index is -0.826. The van der Waals surface area contributed by atoms with E-state index in [2.05, 4.69) is 15.6 Å². The molecule has 1 aromatic heterocycles. The number of thiazole rings is 1. The number of hydrogen-bond donors (Lipinski definition) is 2. The Balaban J connectivity index is 1.54. The molecule has 8 heteroatoms. The van der Waals surface area contributed by atoms with Gasteiger partial charge in [0.2, 0.25) is 0 Å². The lowest BCUT2D eigenvalue weighted by atomic mass is 10.2. The molecule has 2 N–H and O–H groups in total. The maximum absolute atomic E-state index is 13.4. The third kappa shape index (κ3) is 4.98. The lowest BCUT2D eigenvalue weighted by Crippen LogP contribution is -2.36. The Morgan fingerprint density at radius 3 is 2.50 bits per heavy atom. The van der Waals surface area contributed by atoms with E-state index in [0.717, 1.165) is 10.6 Å². The molecule has 0 radical (unpaired) electrons. The number of halogens is 2. The van der Waals surface area contributed by atoms with E-state index in [4.69, 9.17) is 0 Å². The lowest BCUT2D eigenvalue weighted by Gasteiger charge is -2.06. The molecule has 0 unspecified atom stereocenters. The van der Waals surface area contributed by atoms with Crippen molar-refractivity contribution in [1.82, 2.24) is 10.3 Å². The number of nitrogens with one attached hydrogen (secondary N) is 2. The summed E-state index contributed by atoms with van der Waals surface area (Å²) in [6.45, 7) is 2.10. The van der Waals surface area contributed by atoms with Gasteiger partial charge in [-0.25, -0.2) is 13.8 Å². The molecule has 0 aliphatic carbocycles. The first-order valence-corrected chi connectivity index (χ1v) is 9.31. The van der Waals surface area contributed by atoms with Gasteiger partial charge in [0.25, 0.3) is 0 Å². The Hall–Kier alpha value is -3.13. The maximum atomic E-state index is 13.4. The minimum Gasteiger partial charge on any atom is -0.347 e. The molecule has 2 amide bonds.